The van der Waals surface area contributed by atoms with E-state index in [1.165, 1.54) is 0 Å². The van der Waals surface area contributed by atoms with Crippen LogP contribution in [0.15, 0.2) is 24.3 Å². The van der Waals surface area contributed by atoms with E-state index in [2.05, 4.69) is 61.6 Å². The Bertz CT molecular complexity index is 1190. The maximum absolute atomic E-state index is 13.7. The normalized spacial score (nSPS) is 16.4. The number of hydrogen-bond acceptors (Lipinski definition) is 6. The summed E-state index contributed by atoms with van der Waals surface area (Å²) < 4.78 is 31.7. The molecule has 0 spiro atoms. The number of cyclic esters (lactones) is 1. The fourth-order valence-corrected chi connectivity index (χ4v) is 5.90. The quantitative estimate of drug-likeness (QED) is 0.209. The molecule has 2 atom stereocenters. The lowest BCUT2D eigenvalue weighted by Crippen LogP contribution is -2.42. The molecular weight excluding hydrogens is 520 g/mol. The van der Waals surface area contributed by atoms with Gasteiger partial charge in [-0.15, -0.1) is 0 Å². The number of carbonyl (C=O) groups excluding carboxylic acids is 1. The molecule has 0 saturated heterocycles. The molecule has 0 aliphatic carbocycles. The molecule has 0 aromatic heterocycles. The zero-order valence-corrected chi connectivity index (χ0v) is 27.7. The number of aryl methyl sites for hydroxylation is 1. The lowest BCUT2D eigenvalue weighted by Gasteiger charge is -2.40. The van der Waals surface area contributed by atoms with Gasteiger partial charge in [0, 0.05) is 11.1 Å². The van der Waals surface area contributed by atoms with Crippen LogP contribution in [0.3, 0.4) is 0 Å². The number of fused-ring (bicyclic) bond motifs is 2. The molecule has 1 unspecified atom stereocenters. The van der Waals surface area contributed by atoms with Gasteiger partial charge in [-0.25, -0.2) is 4.79 Å². The number of carbonyl (C=O) groups is 1. The van der Waals surface area contributed by atoms with E-state index in [0.717, 1.165) is 29.5 Å². The Morgan fingerprint density at radius 1 is 1.05 bits per heavy atom. The number of hydrogen-bond donors (Lipinski definition) is 0. The second kappa shape index (κ2) is 12.6. The molecule has 0 N–H and O–H groups in total. The van der Waals surface area contributed by atoms with Crippen molar-refractivity contribution >= 4 is 14.3 Å². The summed E-state index contributed by atoms with van der Waals surface area (Å²) in [6.45, 7) is 24.3. The van der Waals surface area contributed by atoms with Crippen LogP contribution in [-0.2, 0) is 9.16 Å². The summed E-state index contributed by atoms with van der Waals surface area (Å²) in [7, 11) is -0.547. The van der Waals surface area contributed by atoms with Crippen molar-refractivity contribution in [1.29, 1.82) is 0 Å². The Hall–Kier alpha value is -2.51. The van der Waals surface area contributed by atoms with Crippen LogP contribution in [0.2, 0.25) is 18.1 Å². The van der Waals surface area contributed by atoms with Crippen molar-refractivity contribution in [2.24, 2.45) is 11.8 Å². The number of rotatable bonds is 10. The average molecular weight is 571 g/mol. The first-order chi connectivity index (χ1) is 18.6. The minimum atomic E-state index is -2.14. The summed E-state index contributed by atoms with van der Waals surface area (Å²) in [5.74, 6) is 2.46. The lowest BCUT2D eigenvalue weighted by atomic mass is 9.96. The molecule has 2 aromatic rings. The molecule has 40 heavy (non-hydrogen) atoms. The number of methoxy groups -OCH3 is 1. The van der Waals surface area contributed by atoms with Crippen LogP contribution in [0, 0.1) is 18.8 Å². The highest BCUT2D eigenvalue weighted by Gasteiger charge is 2.41. The minimum Gasteiger partial charge on any atom is -0.495 e. The first kappa shape index (κ1) is 32.0. The van der Waals surface area contributed by atoms with Crippen molar-refractivity contribution in [3.63, 3.8) is 0 Å². The standard InChI is InChI=1S/C33H50O6Si/c1-20(2)15-16-36-28-19-22(5)18-25-23(6)37-32(34)29-26(38-30(25)28)14-13-24(31(29)35-10)27(17-21(3)4)39-40(11,12)33(7,8)9/h13-14,18-21,23,27H,15-17H2,1-12H3/t23?,27-/m0/s1. The number of benzene rings is 2. The summed E-state index contributed by atoms with van der Waals surface area (Å²) in [6.07, 6.45) is 0.948. The summed E-state index contributed by atoms with van der Waals surface area (Å²) >= 11 is 0. The van der Waals surface area contributed by atoms with Gasteiger partial charge in [0.25, 0.3) is 0 Å². The van der Waals surface area contributed by atoms with Gasteiger partial charge < -0.3 is 23.4 Å². The van der Waals surface area contributed by atoms with Crippen LogP contribution >= 0.6 is 0 Å². The SMILES string of the molecule is COc1c([C@H](CC(C)C)O[Si](C)(C)C(C)(C)C)ccc2c1C(=O)OC(C)c1cc(C)cc(OCCC(C)C)c1O2. The largest absolute Gasteiger partial charge is 0.495 e. The Morgan fingerprint density at radius 2 is 1.73 bits per heavy atom. The van der Waals surface area contributed by atoms with Gasteiger partial charge in [-0.1, -0.05) is 48.5 Å². The van der Waals surface area contributed by atoms with E-state index in [0.29, 0.717) is 41.4 Å². The summed E-state index contributed by atoms with van der Waals surface area (Å²) in [6, 6.07) is 7.79. The van der Waals surface area contributed by atoms with Crippen LogP contribution in [0.1, 0.15) is 107 Å². The minimum absolute atomic E-state index is 0.0321. The average Bonchev–Trinajstić information content (AvgIpc) is 2.82. The molecule has 2 aromatic carbocycles. The molecular formula is C33H50O6Si. The molecule has 7 heteroatoms. The van der Waals surface area contributed by atoms with E-state index in [4.69, 9.17) is 23.4 Å². The molecule has 0 amide bonds. The Labute approximate surface area is 242 Å². The van der Waals surface area contributed by atoms with Crippen molar-refractivity contribution in [3.8, 4) is 23.0 Å². The Balaban J connectivity index is 2.15. The highest BCUT2D eigenvalue weighted by Crippen LogP contribution is 2.49. The van der Waals surface area contributed by atoms with Gasteiger partial charge in [0.05, 0.1) is 19.8 Å². The Morgan fingerprint density at radius 3 is 2.30 bits per heavy atom. The maximum atomic E-state index is 13.7. The third kappa shape index (κ3) is 7.21. The fourth-order valence-electron chi connectivity index (χ4n) is 4.61. The van der Waals surface area contributed by atoms with Gasteiger partial charge in [-0.2, -0.15) is 0 Å². The zero-order valence-electron chi connectivity index (χ0n) is 26.7. The predicted molar refractivity (Wildman–Crippen MR) is 164 cm³/mol. The fraction of sp³-hybridized carbons (Fsp3) is 0.606. The van der Waals surface area contributed by atoms with Gasteiger partial charge in [0.15, 0.2) is 19.8 Å². The number of esters is 1. The molecule has 6 nitrogen and oxygen atoms in total. The maximum Gasteiger partial charge on any atom is 0.346 e. The van der Waals surface area contributed by atoms with Crippen LogP contribution in [-0.4, -0.2) is 28.0 Å². The molecule has 1 aliphatic heterocycles. The smallest absolute Gasteiger partial charge is 0.346 e. The molecule has 0 bridgehead atoms. The number of ether oxygens (including phenoxy) is 4. The van der Waals surface area contributed by atoms with Gasteiger partial charge in [0.1, 0.15) is 23.2 Å². The van der Waals surface area contributed by atoms with E-state index in [1.54, 1.807) is 7.11 Å². The van der Waals surface area contributed by atoms with E-state index in [9.17, 15) is 4.79 Å². The highest BCUT2D eigenvalue weighted by atomic mass is 28.4. The van der Waals surface area contributed by atoms with Crippen LogP contribution < -0.4 is 14.2 Å². The van der Waals surface area contributed by atoms with Gasteiger partial charge >= 0.3 is 5.97 Å². The molecule has 1 heterocycles. The van der Waals surface area contributed by atoms with Crippen molar-refractivity contribution < 1.29 is 28.2 Å². The third-order valence-electron chi connectivity index (χ3n) is 7.95. The molecule has 3 rings (SSSR count). The van der Waals surface area contributed by atoms with Crippen molar-refractivity contribution in [2.45, 2.75) is 105 Å². The molecule has 222 valence electrons. The predicted octanol–water partition coefficient (Wildman–Crippen LogP) is 9.56. The second-order valence-corrected chi connectivity index (χ2v) is 18.2. The highest BCUT2D eigenvalue weighted by molar-refractivity contribution is 6.74. The lowest BCUT2D eigenvalue weighted by molar-refractivity contribution is 0.0315. The monoisotopic (exact) mass is 570 g/mol. The van der Waals surface area contributed by atoms with Gasteiger partial charge in [-0.05, 0) is 86.5 Å². The molecule has 0 radical (unpaired) electrons. The topological polar surface area (TPSA) is 63.2 Å². The zero-order chi connectivity index (χ0) is 30.0. The van der Waals surface area contributed by atoms with Crippen LogP contribution in [0.4, 0.5) is 0 Å². The van der Waals surface area contributed by atoms with Gasteiger partial charge in [0.2, 0.25) is 0 Å². The van der Waals surface area contributed by atoms with E-state index >= 15 is 0 Å². The Kier molecular flexibility index (Phi) is 10.0. The van der Waals surface area contributed by atoms with E-state index < -0.39 is 20.4 Å². The summed E-state index contributed by atoms with van der Waals surface area (Å²) in [5, 5.41) is 0.0321. The van der Waals surface area contributed by atoms with Crippen molar-refractivity contribution in [3.05, 3.63) is 46.5 Å². The van der Waals surface area contributed by atoms with Crippen LogP contribution in [0.5, 0.6) is 23.0 Å². The first-order valence-electron chi connectivity index (χ1n) is 14.6. The second-order valence-electron chi connectivity index (χ2n) is 13.4. The van der Waals surface area contributed by atoms with Crippen molar-refractivity contribution in [2.75, 3.05) is 13.7 Å². The van der Waals surface area contributed by atoms with Gasteiger partial charge in [-0.3, -0.25) is 0 Å². The van der Waals surface area contributed by atoms with E-state index in [1.807, 2.05) is 38.1 Å². The van der Waals surface area contributed by atoms with Crippen molar-refractivity contribution in [1.82, 2.24) is 0 Å². The molecule has 0 saturated carbocycles. The van der Waals surface area contributed by atoms with Crippen LogP contribution in [0.25, 0.3) is 0 Å². The van der Waals surface area contributed by atoms with E-state index in [-0.39, 0.29) is 16.7 Å². The molecule has 1 aliphatic rings. The third-order valence-corrected chi connectivity index (χ3v) is 12.4. The summed E-state index contributed by atoms with van der Waals surface area (Å²) in [4.78, 5) is 13.7. The molecule has 0 fully saturated rings. The first-order valence-corrected chi connectivity index (χ1v) is 17.5. The summed E-state index contributed by atoms with van der Waals surface area (Å²) in [5.41, 5.74) is 2.91.